The summed E-state index contributed by atoms with van der Waals surface area (Å²) in [7, 11) is 1.71. The highest BCUT2D eigenvalue weighted by Gasteiger charge is 2.28. The Labute approximate surface area is 190 Å². The van der Waals surface area contributed by atoms with Gasteiger partial charge in [0.25, 0.3) is 0 Å². The van der Waals surface area contributed by atoms with Crippen molar-refractivity contribution in [3.05, 3.63) is 48.3 Å². The quantitative estimate of drug-likeness (QED) is 0.361. The Kier molecular flexibility index (Phi) is 8.93. The summed E-state index contributed by atoms with van der Waals surface area (Å²) < 4.78 is 41.7. The number of nitrogens with one attached hydrogen (secondary N) is 1. The van der Waals surface area contributed by atoms with Gasteiger partial charge in [0.1, 0.15) is 5.75 Å². The summed E-state index contributed by atoms with van der Waals surface area (Å²) in [5, 5.41) is 3.26. The third kappa shape index (κ3) is 7.18. The molecule has 1 fully saturated rings. The van der Waals surface area contributed by atoms with Crippen molar-refractivity contribution in [1.29, 1.82) is 0 Å². The minimum absolute atomic E-state index is 0. The smallest absolute Gasteiger partial charge is 0.422 e. The number of benzene rings is 1. The standard InChI is InChI=1S/C19H23F3N6O.HI/c1-23-17(27-8-10-28(11-9-27)18-24-6-3-7-25-18)26-13-15-4-2-5-16(12-15)29-14-19(20,21)22;/h2-7,12H,8-11,13-14H2,1H3,(H,23,26);1H. The van der Waals surface area contributed by atoms with Crippen molar-refractivity contribution in [2.24, 2.45) is 4.99 Å². The number of hydrogen-bond acceptors (Lipinski definition) is 5. The second-order valence-corrected chi connectivity index (χ2v) is 6.47. The van der Waals surface area contributed by atoms with E-state index in [4.69, 9.17) is 4.74 Å². The van der Waals surface area contributed by atoms with E-state index >= 15 is 0 Å². The van der Waals surface area contributed by atoms with Crippen molar-refractivity contribution in [3.8, 4) is 5.75 Å². The molecular weight excluding hydrogens is 512 g/mol. The molecule has 0 saturated carbocycles. The van der Waals surface area contributed by atoms with E-state index in [2.05, 4.69) is 30.1 Å². The number of halogens is 4. The molecule has 0 atom stereocenters. The van der Waals surface area contributed by atoms with Crippen molar-refractivity contribution >= 4 is 35.9 Å². The van der Waals surface area contributed by atoms with Gasteiger partial charge in [-0.2, -0.15) is 13.2 Å². The lowest BCUT2D eigenvalue weighted by Crippen LogP contribution is -2.52. The number of nitrogens with zero attached hydrogens (tertiary/aromatic N) is 5. The fourth-order valence-corrected chi connectivity index (χ4v) is 3.00. The van der Waals surface area contributed by atoms with Gasteiger partial charge < -0.3 is 19.9 Å². The summed E-state index contributed by atoms with van der Waals surface area (Å²) in [6, 6.07) is 8.38. The summed E-state index contributed by atoms with van der Waals surface area (Å²) in [6.45, 7) is 2.18. The minimum atomic E-state index is -4.36. The maximum Gasteiger partial charge on any atom is 0.422 e. The van der Waals surface area contributed by atoms with Crippen LogP contribution in [0.3, 0.4) is 0 Å². The number of piperazine rings is 1. The number of hydrogen-bond donors (Lipinski definition) is 1. The summed E-state index contributed by atoms with van der Waals surface area (Å²) >= 11 is 0. The first-order valence-corrected chi connectivity index (χ1v) is 9.20. The van der Waals surface area contributed by atoms with E-state index in [1.54, 1.807) is 37.6 Å². The molecule has 0 bridgehead atoms. The van der Waals surface area contributed by atoms with E-state index in [0.717, 1.165) is 37.7 Å². The molecule has 0 spiro atoms. The Hall–Kier alpha value is -2.31. The van der Waals surface area contributed by atoms with Gasteiger partial charge in [-0.15, -0.1) is 24.0 Å². The van der Waals surface area contributed by atoms with Gasteiger partial charge in [0.2, 0.25) is 5.95 Å². The fraction of sp³-hybridized carbons (Fsp3) is 0.421. The predicted octanol–water partition coefficient (Wildman–Crippen LogP) is 2.93. The van der Waals surface area contributed by atoms with Crippen molar-refractivity contribution in [2.45, 2.75) is 12.7 Å². The Balaban J connectivity index is 0.00000320. The van der Waals surface area contributed by atoms with Crippen molar-refractivity contribution in [2.75, 3.05) is 44.7 Å². The minimum Gasteiger partial charge on any atom is -0.484 e. The molecule has 1 aromatic heterocycles. The van der Waals surface area contributed by atoms with Crippen LogP contribution in [0.25, 0.3) is 0 Å². The van der Waals surface area contributed by atoms with Crippen LogP contribution < -0.4 is 15.0 Å². The molecule has 11 heteroatoms. The first-order valence-electron chi connectivity index (χ1n) is 9.20. The molecule has 2 heterocycles. The second-order valence-electron chi connectivity index (χ2n) is 6.47. The molecule has 1 aromatic carbocycles. The molecule has 1 saturated heterocycles. The average Bonchev–Trinajstić information content (AvgIpc) is 2.74. The van der Waals surface area contributed by atoms with E-state index in [1.807, 2.05) is 6.07 Å². The van der Waals surface area contributed by atoms with Crippen molar-refractivity contribution in [1.82, 2.24) is 20.2 Å². The van der Waals surface area contributed by atoms with Crippen molar-refractivity contribution < 1.29 is 17.9 Å². The first-order chi connectivity index (χ1) is 13.9. The zero-order chi connectivity index (χ0) is 20.7. The van der Waals surface area contributed by atoms with Crippen LogP contribution in [0.15, 0.2) is 47.7 Å². The van der Waals surface area contributed by atoms with Crippen LogP contribution >= 0.6 is 24.0 Å². The zero-order valence-corrected chi connectivity index (χ0v) is 18.8. The molecule has 0 aliphatic carbocycles. The normalized spacial score (nSPS) is 14.9. The maximum absolute atomic E-state index is 12.3. The summed E-state index contributed by atoms with van der Waals surface area (Å²) in [4.78, 5) is 17.1. The van der Waals surface area contributed by atoms with Crippen LogP contribution in [-0.4, -0.2) is 66.8 Å². The van der Waals surface area contributed by atoms with E-state index in [0.29, 0.717) is 12.5 Å². The Morgan fingerprint density at radius 2 is 1.83 bits per heavy atom. The third-order valence-corrected chi connectivity index (χ3v) is 4.38. The van der Waals surface area contributed by atoms with Crippen LogP contribution in [0.5, 0.6) is 5.75 Å². The second kappa shape index (κ2) is 11.2. The average molecular weight is 536 g/mol. The van der Waals surface area contributed by atoms with Gasteiger partial charge in [0, 0.05) is 52.2 Å². The largest absolute Gasteiger partial charge is 0.484 e. The molecule has 30 heavy (non-hydrogen) atoms. The number of aliphatic imine (C=N–C) groups is 1. The fourth-order valence-electron chi connectivity index (χ4n) is 3.00. The van der Waals surface area contributed by atoms with Gasteiger partial charge in [-0.1, -0.05) is 12.1 Å². The predicted molar refractivity (Wildman–Crippen MR) is 119 cm³/mol. The molecule has 0 unspecified atom stereocenters. The molecule has 1 N–H and O–H groups in total. The first kappa shape index (κ1) is 24.0. The van der Waals surface area contributed by atoms with Crippen LogP contribution in [0.2, 0.25) is 0 Å². The zero-order valence-electron chi connectivity index (χ0n) is 16.5. The molecule has 164 valence electrons. The number of anilines is 1. The lowest BCUT2D eigenvalue weighted by molar-refractivity contribution is -0.153. The van der Waals surface area contributed by atoms with Gasteiger partial charge in [-0.05, 0) is 23.8 Å². The monoisotopic (exact) mass is 536 g/mol. The number of alkyl halides is 3. The molecule has 7 nitrogen and oxygen atoms in total. The third-order valence-electron chi connectivity index (χ3n) is 4.38. The summed E-state index contributed by atoms with van der Waals surface area (Å²) in [5.74, 6) is 1.64. The number of guanidine groups is 1. The van der Waals surface area contributed by atoms with Gasteiger partial charge in [-0.3, -0.25) is 4.99 Å². The maximum atomic E-state index is 12.3. The molecular formula is C19H24F3IN6O. The highest BCUT2D eigenvalue weighted by Crippen LogP contribution is 2.19. The lowest BCUT2D eigenvalue weighted by atomic mass is 10.2. The van der Waals surface area contributed by atoms with E-state index in [-0.39, 0.29) is 29.7 Å². The molecule has 0 radical (unpaired) electrons. The number of ether oxygens (including phenoxy) is 1. The molecule has 2 aromatic rings. The van der Waals surface area contributed by atoms with Crippen LogP contribution in [0, 0.1) is 0 Å². The van der Waals surface area contributed by atoms with E-state index < -0.39 is 12.8 Å². The summed E-state index contributed by atoms with van der Waals surface area (Å²) in [5.41, 5.74) is 0.808. The SMILES string of the molecule is CN=C(NCc1cccc(OCC(F)(F)F)c1)N1CCN(c2ncccn2)CC1.I. The Bertz CT molecular complexity index is 813. The van der Waals surface area contributed by atoms with Gasteiger partial charge in [-0.25, -0.2) is 9.97 Å². The van der Waals surface area contributed by atoms with Crippen molar-refractivity contribution in [3.63, 3.8) is 0 Å². The van der Waals surface area contributed by atoms with Gasteiger partial charge in [0.05, 0.1) is 0 Å². The van der Waals surface area contributed by atoms with E-state index in [9.17, 15) is 13.2 Å². The van der Waals surface area contributed by atoms with Gasteiger partial charge in [0.15, 0.2) is 12.6 Å². The van der Waals surface area contributed by atoms with Gasteiger partial charge >= 0.3 is 6.18 Å². The van der Waals surface area contributed by atoms with Crippen LogP contribution in [-0.2, 0) is 6.54 Å². The molecule has 3 rings (SSSR count). The topological polar surface area (TPSA) is 65.9 Å². The molecule has 1 aliphatic heterocycles. The molecule has 0 amide bonds. The van der Waals surface area contributed by atoms with E-state index in [1.165, 1.54) is 6.07 Å². The Morgan fingerprint density at radius 3 is 2.47 bits per heavy atom. The Morgan fingerprint density at radius 1 is 1.13 bits per heavy atom. The summed E-state index contributed by atoms with van der Waals surface area (Å²) in [6.07, 6.45) is -0.910. The lowest BCUT2D eigenvalue weighted by Gasteiger charge is -2.36. The number of aromatic nitrogens is 2. The highest BCUT2D eigenvalue weighted by atomic mass is 127. The number of rotatable bonds is 5. The highest BCUT2D eigenvalue weighted by molar-refractivity contribution is 14.0. The molecule has 1 aliphatic rings. The van der Waals surface area contributed by atoms with Crippen LogP contribution in [0.4, 0.5) is 19.1 Å². The van der Waals surface area contributed by atoms with Crippen LogP contribution in [0.1, 0.15) is 5.56 Å².